The fourth-order valence-electron chi connectivity index (χ4n) is 4.60. The highest BCUT2D eigenvalue weighted by Gasteiger charge is 2.22. The van der Waals surface area contributed by atoms with Gasteiger partial charge in [-0.15, -0.1) is 0 Å². The van der Waals surface area contributed by atoms with Gasteiger partial charge in [0, 0.05) is 37.9 Å². The van der Waals surface area contributed by atoms with E-state index in [0.717, 1.165) is 42.7 Å². The van der Waals surface area contributed by atoms with E-state index < -0.39 is 0 Å². The van der Waals surface area contributed by atoms with E-state index in [1.165, 1.54) is 44.5 Å². The Hall–Kier alpha value is -2.53. The summed E-state index contributed by atoms with van der Waals surface area (Å²) in [4.78, 5) is 19.7. The summed E-state index contributed by atoms with van der Waals surface area (Å²) in [5.41, 5.74) is 4.14. The summed E-state index contributed by atoms with van der Waals surface area (Å²) in [6.07, 6.45) is 6.06. The van der Waals surface area contributed by atoms with Gasteiger partial charge in [-0.25, -0.2) is 0 Å². The minimum atomic E-state index is 0.0586. The number of phenols is 1. The molecule has 1 amide bonds. The van der Waals surface area contributed by atoms with Crippen LogP contribution in [0, 0.1) is 0 Å². The predicted molar refractivity (Wildman–Crippen MR) is 121 cm³/mol. The van der Waals surface area contributed by atoms with Crippen molar-refractivity contribution >= 4 is 11.6 Å². The molecule has 5 heteroatoms. The van der Waals surface area contributed by atoms with Crippen molar-refractivity contribution in [2.75, 3.05) is 44.7 Å². The first-order valence-corrected chi connectivity index (χ1v) is 11.2. The topological polar surface area (TPSA) is 47.0 Å². The Morgan fingerprint density at radius 2 is 1.77 bits per heavy atom. The normalized spacial score (nSPS) is 16.9. The molecule has 2 aromatic rings. The molecule has 0 aliphatic carbocycles. The number of likely N-dealkylation sites (tertiary alicyclic amines) is 1. The molecule has 1 saturated heterocycles. The Labute approximate surface area is 179 Å². The van der Waals surface area contributed by atoms with E-state index in [9.17, 15) is 9.90 Å². The largest absolute Gasteiger partial charge is 0.508 e. The zero-order chi connectivity index (χ0) is 20.9. The molecule has 2 aromatic carbocycles. The fourth-order valence-corrected chi connectivity index (χ4v) is 4.60. The third-order valence-electron chi connectivity index (χ3n) is 6.46. The maximum absolute atomic E-state index is 13.0. The molecule has 0 atom stereocenters. The third kappa shape index (κ3) is 4.96. The number of phenolic OH excluding ortho intramolecular Hbond substituents is 1. The average Bonchev–Trinajstić information content (AvgIpc) is 2.79. The number of aromatic hydroxyl groups is 1. The van der Waals surface area contributed by atoms with Crippen LogP contribution in [0.4, 0.5) is 5.69 Å². The SMILES string of the molecule is CN(CCCN1CCCCC1)c1ccc(C(=O)N2CCc3ccc(O)cc3C2)cc1. The Bertz CT molecular complexity index is 859. The first kappa shape index (κ1) is 20.7. The zero-order valence-electron chi connectivity index (χ0n) is 18.0. The second-order valence-corrected chi connectivity index (χ2v) is 8.65. The molecule has 0 spiro atoms. The van der Waals surface area contributed by atoms with Crippen LogP contribution in [0.5, 0.6) is 5.75 Å². The number of carbonyl (C=O) groups is 1. The number of piperidine rings is 1. The summed E-state index contributed by atoms with van der Waals surface area (Å²) in [7, 11) is 2.13. The fraction of sp³-hybridized carbons (Fsp3) is 0.480. The summed E-state index contributed by atoms with van der Waals surface area (Å²) >= 11 is 0. The molecular formula is C25H33N3O2. The highest BCUT2D eigenvalue weighted by atomic mass is 16.3. The molecular weight excluding hydrogens is 374 g/mol. The van der Waals surface area contributed by atoms with E-state index in [-0.39, 0.29) is 11.7 Å². The van der Waals surface area contributed by atoms with Crippen LogP contribution in [0.25, 0.3) is 0 Å². The molecule has 5 nitrogen and oxygen atoms in total. The molecule has 4 rings (SSSR count). The Balaban J connectivity index is 1.31. The van der Waals surface area contributed by atoms with Crippen molar-refractivity contribution in [2.45, 2.75) is 38.6 Å². The molecule has 0 bridgehead atoms. The zero-order valence-corrected chi connectivity index (χ0v) is 18.0. The number of hydrogen-bond donors (Lipinski definition) is 1. The molecule has 2 aliphatic heterocycles. The van der Waals surface area contributed by atoms with Crippen molar-refractivity contribution < 1.29 is 9.90 Å². The van der Waals surface area contributed by atoms with Crippen molar-refractivity contribution in [2.24, 2.45) is 0 Å². The second-order valence-electron chi connectivity index (χ2n) is 8.65. The summed E-state index contributed by atoms with van der Waals surface area (Å²) in [6.45, 7) is 5.97. The van der Waals surface area contributed by atoms with Gasteiger partial charge in [-0.3, -0.25) is 4.79 Å². The average molecular weight is 408 g/mol. The first-order chi connectivity index (χ1) is 14.6. The number of carbonyl (C=O) groups excluding carboxylic acids is 1. The number of benzene rings is 2. The lowest BCUT2D eigenvalue weighted by Crippen LogP contribution is -2.36. The van der Waals surface area contributed by atoms with Crippen molar-refractivity contribution in [3.05, 3.63) is 59.2 Å². The van der Waals surface area contributed by atoms with Crippen LogP contribution < -0.4 is 4.90 Å². The number of fused-ring (bicyclic) bond motifs is 1. The molecule has 0 radical (unpaired) electrons. The van der Waals surface area contributed by atoms with Crippen molar-refractivity contribution in [1.29, 1.82) is 0 Å². The molecule has 30 heavy (non-hydrogen) atoms. The number of amides is 1. The summed E-state index contributed by atoms with van der Waals surface area (Å²) in [5, 5.41) is 9.74. The van der Waals surface area contributed by atoms with Crippen LogP contribution in [-0.4, -0.2) is 60.6 Å². The summed E-state index contributed by atoms with van der Waals surface area (Å²) in [5.74, 6) is 0.319. The van der Waals surface area contributed by atoms with Crippen LogP contribution in [0.1, 0.15) is 47.2 Å². The van der Waals surface area contributed by atoms with E-state index >= 15 is 0 Å². The maximum Gasteiger partial charge on any atom is 0.254 e. The van der Waals surface area contributed by atoms with E-state index in [1.54, 1.807) is 12.1 Å². The van der Waals surface area contributed by atoms with Crippen LogP contribution in [0.2, 0.25) is 0 Å². The van der Waals surface area contributed by atoms with Gasteiger partial charge in [0.25, 0.3) is 5.91 Å². The summed E-state index contributed by atoms with van der Waals surface area (Å²) < 4.78 is 0. The maximum atomic E-state index is 13.0. The molecule has 0 unspecified atom stereocenters. The van der Waals surface area contributed by atoms with Gasteiger partial charge in [-0.2, -0.15) is 0 Å². The number of hydrogen-bond acceptors (Lipinski definition) is 4. The highest BCUT2D eigenvalue weighted by molar-refractivity contribution is 5.94. The minimum absolute atomic E-state index is 0.0586. The smallest absolute Gasteiger partial charge is 0.254 e. The molecule has 2 heterocycles. The second kappa shape index (κ2) is 9.52. The lowest BCUT2D eigenvalue weighted by molar-refractivity contribution is 0.0734. The van der Waals surface area contributed by atoms with Gasteiger partial charge >= 0.3 is 0 Å². The monoisotopic (exact) mass is 407 g/mol. The van der Waals surface area contributed by atoms with E-state index in [0.29, 0.717) is 6.54 Å². The first-order valence-electron chi connectivity index (χ1n) is 11.2. The Morgan fingerprint density at radius 3 is 2.53 bits per heavy atom. The molecule has 160 valence electrons. The van der Waals surface area contributed by atoms with Crippen molar-refractivity contribution in [3.8, 4) is 5.75 Å². The molecule has 0 saturated carbocycles. The number of anilines is 1. The lowest BCUT2D eigenvalue weighted by atomic mass is 9.99. The predicted octanol–water partition coefficient (Wildman–Crippen LogP) is 3.90. The molecule has 0 aromatic heterocycles. The van der Waals surface area contributed by atoms with Gasteiger partial charge in [0.2, 0.25) is 0 Å². The molecule has 1 N–H and O–H groups in total. The summed E-state index contributed by atoms with van der Waals surface area (Å²) in [6, 6.07) is 13.4. The third-order valence-corrected chi connectivity index (χ3v) is 6.46. The van der Waals surface area contributed by atoms with E-state index in [4.69, 9.17) is 0 Å². The van der Waals surface area contributed by atoms with E-state index in [2.05, 4.69) is 29.0 Å². The van der Waals surface area contributed by atoms with Crippen LogP contribution in [-0.2, 0) is 13.0 Å². The number of nitrogens with zero attached hydrogens (tertiary/aromatic N) is 3. The van der Waals surface area contributed by atoms with Gasteiger partial charge < -0.3 is 19.8 Å². The van der Waals surface area contributed by atoms with Gasteiger partial charge in [0.05, 0.1) is 0 Å². The quantitative estimate of drug-likeness (QED) is 0.789. The number of rotatable bonds is 6. The lowest BCUT2D eigenvalue weighted by Gasteiger charge is -2.29. The Morgan fingerprint density at radius 1 is 1.00 bits per heavy atom. The van der Waals surface area contributed by atoms with Crippen LogP contribution in [0.3, 0.4) is 0 Å². The standard InChI is InChI=1S/C25H33N3O2/c1-26(13-5-16-27-14-3-2-4-15-27)23-9-6-21(7-10-23)25(30)28-17-12-20-8-11-24(29)18-22(20)19-28/h6-11,18,29H,2-5,12-17,19H2,1H3. The van der Waals surface area contributed by atoms with E-state index in [1.807, 2.05) is 23.1 Å². The minimum Gasteiger partial charge on any atom is -0.508 e. The van der Waals surface area contributed by atoms with Gasteiger partial charge in [0.1, 0.15) is 5.75 Å². The van der Waals surface area contributed by atoms with Gasteiger partial charge in [0.15, 0.2) is 0 Å². The Kier molecular flexibility index (Phi) is 6.58. The molecule has 1 fully saturated rings. The van der Waals surface area contributed by atoms with Crippen molar-refractivity contribution in [3.63, 3.8) is 0 Å². The van der Waals surface area contributed by atoms with Crippen LogP contribution >= 0.6 is 0 Å². The van der Waals surface area contributed by atoms with Gasteiger partial charge in [-0.1, -0.05) is 12.5 Å². The van der Waals surface area contributed by atoms with Crippen molar-refractivity contribution in [1.82, 2.24) is 9.80 Å². The van der Waals surface area contributed by atoms with Gasteiger partial charge in [-0.05, 0) is 92.8 Å². The van der Waals surface area contributed by atoms with Crippen LogP contribution in [0.15, 0.2) is 42.5 Å². The highest BCUT2D eigenvalue weighted by Crippen LogP contribution is 2.25. The molecule has 2 aliphatic rings.